The van der Waals surface area contributed by atoms with Gasteiger partial charge in [-0.2, -0.15) is 0 Å². The molecular weight excluding hydrogens is 364 g/mol. The average molecular weight is 384 g/mol. The van der Waals surface area contributed by atoms with Crippen LogP contribution < -0.4 is 0 Å². The van der Waals surface area contributed by atoms with Gasteiger partial charge in [-0.3, -0.25) is 0 Å². The van der Waals surface area contributed by atoms with E-state index in [1.54, 1.807) is 0 Å². The molecule has 13 nitrogen and oxygen atoms in total. The number of aliphatic carboxylic acids is 1. The fourth-order valence-electron chi connectivity index (χ4n) is 2.68. The summed E-state index contributed by atoms with van der Waals surface area (Å²) in [5, 5.41) is 77.1. The Morgan fingerprint density at radius 1 is 0.962 bits per heavy atom. The molecule has 2 fully saturated rings. The second-order valence-electron chi connectivity index (χ2n) is 6.08. The molecule has 2 saturated heterocycles. The Bertz CT molecular complexity index is 554. The predicted molar refractivity (Wildman–Crippen MR) is 73.9 cm³/mol. The number of aliphatic hydroxyl groups is 7. The maximum atomic E-state index is 12.2. The number of aliphatic hydroxyl groups excluding tert-OH is 6. The molecular formula is C13H20O13. The van der Waals surface area contributed by atoms with Crippen molar-refractivity contribution in [2.24, 2.45) is 0 Å². The first kappa shape index (κ1) is 20.9. The third-order valence-corrected chi connectivity index (χ3v) is 4.26. The van der Waals surface area contributed by atoms with Crippen LogP contribution in [0.5, 0.6) is 0 Å². The van der Waals surface area contributed by atoms with E-state index >= 15 is 0 Å². The van der Waals surface area contributed by atoms with Gasteiger partial charge in [0.15, 0.2) is 18.5 Å². The van der Waals surface area contributed by atoms with Gasteiger partial charge in [-0.05, 0) is 6.92 Å². The van der Waals surface area contributed by atoms with Gasteiger partial charge in [-0.1, -0.05) is 0 Å². The van der Waals surface area contributed by atoms with Gasteiger partial charge in [0.2, 0.25) is 0 Å². The third kappa shape index (κ3) is 3.40. The van der Waals surface area contributed by atoms with Crippen LogP contribution in [0.4, 0.5) is 0 Å². The normalized spacial score (nSPS) is 49.5. The highest BCUT2D eigenvalue weighted by Crippen LogP contribution is 2.31. The van der Waals surface area contributed by atoms with Crippen LogP contribution >= 0.6 is 0 Å². The van der Waals surface area contributed by atoms with Gasteiger partial charge < -0.3 is 55.1 Å². The van der Waals surface area contributed by atoms with Crippen LogP contribution in [0.1, 0.15) is 6.92 Å². The fraction of sp³-hybridized carbons (Fsp3) is 0.846. The Kier molecular flexibility index (Phi) is 5.86. The smallest absolute Gasteiger partial charge is 0.370 e. The molecule has 13 heteroatoms. The van der Waals surface area contributed by atoms with E-state index in [1.807, 2.05) is 0 Å². The van der Waals surface area contributed by atoms with Crippen molar-refractivity contribution < 1.29 is 64.7 Å². The Morgan fingerprint density at radius 2 is 1.54 bits per heavy atom. The number of carbonyl (C=O) groups is 2. The number of carboxylic acids is 1. The van der Waals surface area contributed by atoms with Gasteiger partial charge in [0.05, 0.1) is 6.10 Å². The van der Waals surface area contributed by atoms with Crippen LogP contribution in [0.15, 0.2) is 0 Å². The predicted octanol–water partition coefficient (Wildman–Crippen LogP) is -5.39. The number of hydrogen-bond acceptors (Lipinski definition) is 12. The molecule has 2 aliphatic rings. The number of carboxylic acid groups (broad SMARTS) is 1. The standard InChI is InChI=1S/C13H20O13/c1-2-3(14)5(16)9(18)13(23,26-2)12(22)25-7-4(15)6(17)11(21)24-8(7)10(19)20/h2-9,11,14-18,21,23H,1H3,(H,19,20)/t2-,3-,4-,5+,6+,7+,8-,9+,11-,13+/m1/s1. The van der Waals surface area contributed by atoms with E-state index in [0.717, 1.165) is 6.92 Å². The summed E-state index contributed by atoms with van der Waals surface area (Å²) in [6.45, 7) is 1.16. The lowest BCUT2D eigenvalue weighted by molar-refractivity contribution is -0.341. The number of esters is 1. The van der Waals surface area contributed by atoms with E-state index in [0.29, 0.717) is 0 Å². The van der Waals surface area contributed by atoms with E-state index in [-0.39, 0.29) is 0 Å². The minimum atomic E-state index is -3.21. The molecule has 2 rings (SSSR count). The largest absolute Gasteiger partial charge is 0.479 e. The molecule has 10 atom stereocenters. The summed E-state index contributed by atoms with van der Waals surface area (Å²) in [5.74, 6) is -6.79. The molecule has 0 aliphatic carbocycles. The van der Waals surface area contributed by atoms with E-state index in [1.165, 1.54) is 0 Å². The van der Waals surface area contributed by atoms with Crippen molar-refractivity contribution >= 4 is 11.9 Å². The summed E-state index contributed by atoms with van der Waals surface area (Å²) >= 11 is 0. The molecule has 0 aromatic carbocycles. The van der Waals surface area contributed by atoms with Crippen molar-refractivity contribution in [2.75, 3.05) is 0 Å². The van der Waals surface area contributed by atoms with Crippen LogP contribution in [0.2, 0.25) is 0 Å². The molecule has 0 spiro atoms. The second-order valence-corrected chi connectivity index (χ2v) is 6.08. The lowest BCUT2D eigenvalue weighted by atomic mass is 9.92. The van der Waals surface area contributed by atoms with E-state index in [4.69, 9.17) is 9.84 Å². The van der Waals surface area contributed by atoms with Crippen LogP contribution in [0, 0.1) is 0 Å². The summed E-state index contributed by atoms with van der Waals surface area (Å²) < 4.78 is 14.0. The highest BCUT2D eigenvalue weighted by Gasteiger charge is 2.59. The number of hydrogen-bond donors (Lipinski definition) is 8. The first-order valence-corrected chi connectivity index (χ1v) is 7.49. The highest BCUT2D eigenvalue weighted by molar-refractivity contribution is 5.80. The molecule has 2 heterocycles. The Labute approximate surface area is 145 Å². The SMILES string of the molecule is C[C@H]1O[C@](O)(C(=O)O[C@H]2[C@H](O)[C@H](O)[C@H](O)O[C@H]2C(=O)O)[C@@H](O)[C@@H](O)[C@@H]1O. The topological polar surface area (TPSA) is 224 Å². The minimum absolute atomic E-state index is 1.16. The number of rotatable bonds is 3. The lowest BCUT2D eigenvalue weighted by Crippen LogP contribution is -2.69. The van der Waals surface area contributed by atoms with Crippen LogP contribution in [0.25, 0.3) is 0 Å². The summed E-state index contributed by atoms with van der Waals surface area (Å²) in [7, 11) is 0. The third-order valence-electron chi connectivity index (χ3n) is 4.26. The summed E-state index contributed by atoms with van der Waals surface area (Å²) in [6, 6.07) is 0. The van der Waals surface area contributed by atoms with Crippen molar-refractivity contribution in [1.82, 2.24) is 0 Å². The average Bonchev–Trinajstić information content (AvgIpc) is 2.58. The molecule has 150 valence electrons. The molecule has 0 amide bonds. The van der Waals surface area contributed by atoms with E-state index < -0.39 is 72.8 Å². The maximum Gasteiger partial charge on any atom is 0.370 e. The van der Waals surface area contributed by atoms with Crippen molar-refractivity contribution in [3.8, 4) is 0 Å². The van der Waals surface area contributed by atoms with E-state index in [2.05, 4.69) is 9.47 Å². The molecule has 2 aliphatic heterocycles. The van der Waals surface area contributed by atoms with Gasteiger partial charge in [-0.25, -0.2) is 9.59 Å². The fourth-order valence-corrected chi connectivity index (χ4v) is 2.68. The van der Waals surface area contributed by atoms with Gasteiger partial charge in [-0.15, -0.1) is 0 Å². The molecule has 8 N–H and O–H groups in total. The molecule has 0 aromatic rings. The number of carbonyl (C=O) groups excluding carboxylic acids is 1. The van der Waals surface area contributed by atoms with Gasteiger partial charge in [0, 0.05) is 0 Å². The maximum absolute atomic E-state index is 12.2. The molecule has 0 aromatic heterocycles. The summed E-state index contributed by atoms with van der Waals surface area (Å²) in [6.07, 6.45) is -17.8. The van der Waals surface area contributed by atoms with Gasteiger partial charge >= 0.3 is 11.9 Å². The van der Waals surface area contributed by atoms with Gasteiger partial charge in [0.1, 0.15) is 30.5 Å². The van der Waals surface area contributed by atoms with Gasteiger partial charge in [0.25, 0.3) is 5.79 Å². The molecule has 0 unspecified atom stereocenters. The second kappa shape index (κ2) is 7.30. The molecule has 0 saturated carbocycles. The molecule has 26 heavy (non-hydrogen) atoms. The summed E-state index contributed by atoms with van der Waals surface area (Å²) in [5.41, 5.74) is 0. The molecule has 0 bridgehead atoms. The van der Waals surface area contributed by atoms with Crippen LogP contribution in [-0.4, -0.2) is 114 Å². The molecule has 0 radical (unpaired) electrons. The Balaban J connectivity index is 2.24. The van der Waals surface area contributed by atoms with Crippen molar-refractivity contribution in [3.63, 3.8) is 0 Å². The number of ether oxygens (including phenoxy) is 3. The zero-order chi connectivity index (χ0) is 20.0. The van der Waals surface area contributed by atoms with Crippen LogP contribution in [0.3, 0.4) is 0 Å². The van der Waals surface area contributed by atoms with Crippen LogP contribution in [-0.2, 0) is 23.8 Å². The Hall–Kier alpha value is -1.42. The Morgan fingerprint density at radius 3 is 2.08 bits per heavy atom. The zero-order valence-corrected chi connectivity index (χ0v) is 13.3. The van der Waals surface area contributed by atoms with Crippen molar-refractivity contribution in [3.05, 3.63) is 0 Å². The lowest BCUT2D eigenvalue weighted by Gasteiger charge is -2.44. The van der Waals surface area contributed by atoms with Crippen molar-refractivity contribution in [2.45, 2.75) is 67.8 Å². The summed E-state index contributed by atoms with van der Waals surface area (Å²) in [4.78, 5) is 23.4. The van der Waals surface area contributed by atoms with E-state index in [9.17, 15) is 45.3 Å². The first-order chi connectivity index (χ1) is 11.9. The monoisotopic (exact) mass is 384 g/mol. The highest BCUT2D eigenvalue weighted by atomic mass is 16.7. The zero-order valence-electron chi connectivity index (χ0n) is 13.3. The minimum Gasteiger partial charge on any atom is -0.479 e. The van der Waals surface area contributed by atoms with Crippen molar-refractivity contribution in [1.29, 1.82) is 0 Å². The quantitative estimate of drug-likeness (QED) is 0.213. The first-order valence-electron chi connectivity index (χ1n) is 7.49.